The minimum Gasteiger partial charge on any atom is -0.481 e. The maximum atomic E-state index is 15.3. The van der Waals surface area contributed by atoms with Crippen molar-refractivity contribution < 1.29 is 23.1 Å². The molecule has 11 heteroatoms. The Labute approximate surface area is 211 Å². The highest BCUT2D eigenvalue weighted by Gasteiger charge is 2.43. The summed E-state index contributed by atoms with van der Waals surface area (Å²) in [5.74, 6) is -3.12. The second-order valence-electron chi connectivity index (χ2n) is 9.18. The predicted octanol–water partition coefficient (Wildman–Crippen LogP) is 5.40. The summed E-state index contributed by atoms with van der Waals surface area (Å²) in [6.07, 6.45) is 0.271. The molecule has 2 aromatic heterocycles. The number of aliphatic carboxylic acids is 1. The summed E-state index contributed by atoms with van der Waals surface area (Å²) < 4.78 is 44.6. The van der Waals surface area contributed by atoms with Crippen molar-refractivity contribution in [3.05, 3.63) is 69.3 Å². The van der Waals surface area contributed by atoms with Crippen LogP contribution >= 0.6 is 11.6 Å². The molecule has 0 atom stereocenters. The Kier molecular flexibility index (Phi) is 7.56. The van der Waals surface area contributed by atoms with Crippen LogP contribution in [0.2, 0.25) is 5.02 Å². The number of carboxylic acids is 1. The predicted molar refractivity (Wildman–Crippen MR) is 130 cm³/mol. The first kappa shape index (κ1) is 26.0. The van der Waals surface area contributed by atoms with Crippen molar-refractivity contribution in [2.45, 2.75) is 46.1 Å². The number of aromatic amines is 1. The summed E-state index contributed by atoms with van der Waals surface area (Å²) in [6.45, 7) is 4.40. The fraction of sp³-hybridized carbons (Fsp3) is 0.400. The molecular formula is C25H27ClF3N5O2. The Bertz CT molecular complexity index is 1270. The van der Waals surface area contributed by atoms with Gasteiger partial charge in [-0.3, -0.25) is 14.8 Å². The number of carbonyl (C=O) groups is 1. The van der Waals surface area contributed by atoms with Crippen molar-refractivity contribution in [2.75, 3.05) is 18.4 Å². The minimum absolute atomic E-state index is 0.0309. The first-order valence-electron chi connectivity index (χ1n) is 11.7. The largest absolute Gasteiger partial charge is 0.481 e. The highest BCUT2D eigenvalue weighted by molar-refractivity contribution is 6.30. The number of aromatic nitrogens is 3. The fourth-order valence-electron chi connectivity index (χ4n) is 4.60. The third-order valence-corrected chi connectivity index (χ3v) is 7.03. The van der Waals surface area contributed by atoms with Crippen molar-refractivity contribution in [3.63, 3.8) is 0 Å². The lowest BCUT2D eigenvalue weighted by Crippen LogP contribution is -2.45. The molecule has 4 rings (SSSR count). The van der Waals surface area contributed by atoms with Gasteiger partial charge in [0.1, 0.15) is 5.82 Å². The van der Waals surface area contributed by atoms with Crippen LogP contribution in [-0.2, 0) is 24.2 Å². The summed E-state index contributed by atoms with van der Waals surface area (Å²) in [5.41, 5.74) is -0.400. The van der Waals surface area contributed by atoms with Gasteiger partial charge in [0.2, 0.25) is 0 Å². The number of pyridine rings is 1. The van der Waals surface area contributed by atoms with Gasteiger partial charge in [-0.1, -0.05) is 30.7 Å². The van der Waals surface area contributed by atoms with Crippen LogP contribution in [0.3, 0.4) is 0 Å². The van der Waals surface area contributed by atoms with Crippen LogP contribution in [0.4, 0.5) is 24.8 Å². The highest BCUT2D eigenvalue weighted by Crippen LogP contribution is 2.38. The van der Waals surface area contributed by atoms with E-state index < -0.39 is 28.8 Å². The van der Waals surface area contributed by atoms with Gasteiger partial charge in [-0.25, -0.2) is 18.2 Å². The second-order valence-corrected chi connectivity index (χ2v) is 9.59. The number of H-pyrrole nitrogens is 1. The standard InChI is InChI=1S/C25H27ClF3N5O2/c1-3-16-21(28)18(30-23(22(16)29)31-19-11-14(2)32-33-19)12-25(24(35)36)7-9-34(10-8-25)13-15-5-4-6-17(26)20(15)27/h4-6,11H,3,7-10,12-13H2,1-2H3,(H,35,36)(H2,30,31,32,33). The lowest BCUT2D eigenvalue weighted by molar-refractivity contribution is -0.152. The number of piperidine rings is 1. The second kappa shape index (κ2) is 10.5. The number of halogens is 4. The van der Waals surface area contributed by atoms with Crippen LogP contribution in [-0.4, -0.2) is 44.2 Å². The molecule has 36 heavy (non-hydrogen) atoms. The number of hydrogen-bond acceptors (Lipinski definition) is 5. The molecule has 3 aromatic rings. The zero-order valence-corrected chi connectivity index (χ0v) is 20.7. The van der Waals surface area contributed by atoms with Crippen molar-refractivity contribution in [2.24, 2.45) is 5.41 Å². The normalized spacial score (nSPS) is 15.7. The van der Waals surface area contributed by atoms with E-state index in [0.29, 0.717) is 24.5 Å². The molecule has 0 unspecified atom stereocenters. The summed E-state index contributed by atoms with van der Waals surface area (Å²) in [4.78, 5) is 18.5. The van der Waals surface area contributed by atoms with Crippen LogP contribution in [0.1, 0.15) is 42.3 Å². The van der Waals surface area contributed by atoms with E-state index in [1.165, 1.54) is 6.07 Å². The Morgan fingerprint density at radius 2 is 1.94 bits per heavy atom. The van der Waals surface area contributed by atoms with Gasteiger partial charge < -0.3 is 10.4 Å². The van der Waals surface area contributed by atoms with Gasteiger partial charge in [-0.05, 0) is 45.3 Å². The van der Waals surface area contributed by atoms with E-state index in [-0.39, 0.29) is 54.3 Å². The maximum Gasteiger partial charge on any atom is 0.310 e. The molecule has 0 amide bonds. The topological polar surface area (TPSA) is 94.1 Å². The molecule has 0 radical (unpaired) electrons. The minimum atomic E-state index is -1.29. The van der Waals surface area contributed by atoms with Gasteiger partial charge in [-0.2, -0.15) is 5.10 Å². The molecule has 1 fully saturated rings. The first-order chi connectivity index (χ1) is 17.1. The number of likely N-dealkylation sites (tertiary alicyclic amines) is 1. The van der Waals surface area contributed by atoms with Gasteiger partial charge in [0.05, 0.1) is 16.1 Å². The SMILES string of the molecule is CCc1c(F)c(CC2(C(=O)O)CCN(Cc3cccc(Cl)c3F)CC2)nc(Nc2cc(C)[nH]n2)c1F. The van der Waals surface area contributed by atoms with Crippen molar-refractivity contribution in [1.82, 2.24) is 20.1 Å². The molecular weight excluding hydrogens is 495 g/mol. The zero-order chi connectivity index (χ0) is 26.0. The van der Waals surface area contributed by atoms with E-state index in [4.69, 9.17) is 11.6 Å². The van der Waals surface area contributed by atoms with E-state index >= 15 is 4.39 Å². The van der Waals surface area contributed by atoms with E-state index in [2.05, 4.69) is 20.5 Å². The van der Waals surface area contributed by atoms with Crippen LogP contribution in [0.15, 0.2) is 24.3 Å². The first-order valence-corrected chi connectivity index (χ1v) is 12.1. The van der Waals surface area contributed by atoms with E-state index in [0.717, 1.165) is 5.69 Å². The maximum absolute atomic E-state index is 15.3. The molecule has 3 heterocycles. The third kappa shape index (κ3) is 5.19. The number of aryl methyl sites for hydroxylation is 1. The highest BCUT2D eigenvalue weighted by atomic mass is 35.5. The Morgan fingerprint density at radius 3 is 2.56 bits per heavy atom. The molecule has 0 bridgehead atoms. The van der Waals surface area contributed by atoms with Crippen molar-refractivity contribution >= 4 is 29.2 Å². The fourth-order valence-corrected chi connectivity index (χ4v) is 4.79. The number of benzene rings is 1. The number of nitrogens with zero attached hydrogens (tertiary/aromatic N) is 3. The van der Waals surface area contributed by atoms with Crippen LogP contribution < -0.4 is 5.32 Å². The number of nitrogens with one attached hydrogen (secondary N) is 2. The number of carboxylic acid groups (broad SMARTS) is 1. The molecule has 7 nitrogen and oxygen atoms in total. The van der Waals surface area contributed by atoms with Gasteiger partial charge in [0.25, 0.3) is 0 Å². The zero-order valence-electron chi connectivity index (χ0n) is 20.0. The summed E-state index contributed by atoms with van der Waals surface area (Å²) >= 11 is 5.87. The molecule has 0 aliphatic carbocycles. The van der Waals surface area contributed by atoms with Gasteiger partial charge in [0, 0.05) is 35.9 Å². The van der Waals surface area contributed by atoms with E-state index in [1.54, 1.807) is 32.0 Å². The molecule has 0 saturated carbocycles. The van der Waals surface area contributed by atoms with Crippen LogP contribution in [0.25, 0.3) is 0 Å². The third-order valence-electron chi connectivity index (χ3n) is 6.74. The quantitative estimate of drug-likeness (QED) is 0.367. The molecule has 1 saturated heterocycles. The molecule has 3 N–H and O–H groups in total. The smallest absolute Gasteiger partial charge is 0.310 e. The van der Waals surface area contributed by atoms with Crippen LogP contribution in [0, 0.1) is 29.8 Å². The number of hydrogen-bond donors (Lipinski definition) is 3. The summed E-state index contributed by atoms with van der Waals surface area (Å²) in [6, 6.07) is 6.42. The van der Waals surface area contributed by atoms with Crippen molar-refractivity contribution in [3.8, 4) is 0 Å². The molecule has 1 aliphatic rings. The molecule has 1 aliphatic heterocycles. The van der Waals surface area contributed by atoms with Crippen LogP contribution in [0.5, 0.6) is 0 Å². The van der Waals surface area contributed by atoms with Gasteiger partial charge in [-0.15, -0.1) is 0 Å². The van der Waals surface area contributed by atoms with Gasteiger partial charge >= 0.3 is 5.97 Å². The average Bonchev–Trinajstić information content (AvgIpc) is 3.26. The monoisotopic (exact) mass is 521 g/mol. The Balaban J connectivity index is 1.57. The lowest BCUT2D eigenvalue weighted by Gasteiger charge is -2.39. The summed E-state index contributed by atoms with van der Waals surface area (Å²) in [5, 5.41) is 19.7. The Hall–Kier alpha value is -3.11. The van der Waals surface area contributed by atoms with Gasteiger partial charge in [0.15, 0.2) is 23.3 Å². The Morgan fingerprint density at radius 1 is 1.22 bits per heavy atom. The molecule has 192 valence electrons. The molecule has 0 spiro atoms. The number of anilines is 2. The average molecular weight is 522 g/mol. The summed E-state index contributed by atoms with van der Waals surface area (Å²) in [7, 11) is 0. The van der Waals surface area contributed by atoms with Crippen molar-refractivity contribution in [1.29, 1.82) is 0 Å². The van der Waals surface area contributed by atoms with E-state index in [9.17, 15) is 18.7 Å². The lowest BCUT2D eigenvalue weighted by atomic mass is 9.74. The number of rotatable bonds is 8. The van der Waals surface area contributed by atoms with E-state index in [1.807, 2.05) is 4.90 Å². The molecule has 1 aromatic carbocycles.